The molecule has 0 aliphatic heterocycles. The molecule has 0 saturated carbocycles. The van der Waals surface area contributed by atoms with Gasteiger partial charge >= 0.3 is 6.18 Å². The van der Waals surface area contributed by atoms with Crippen molar-refractivity contribution < 1.29 is 21.6 Å². The highest BCUT2D eigenvalue weighted by Crippen LogP contribution is 2.35. The Balaban J connectivity index is 1.87. The molecule has 9 nitrogen and oxygen atoms in total. The van der Waals surface area contributed by atoms with E-state index >= 15 is 0 Å². The van der Waals surface area contributed by atoms with Crippen molar-refractivity contribution >= 4 is 37.0 Å². The fraction of sp³-hybridized carbons (Fsp3) is 0.150. The van der Waals surface area contributed by atoms with Crippen LogP contribution in [0.1, 0.15) is 12.5 Å². The number of hydrogen-bond donors (Lipinski definition) is 1. The SMILES string of the molecule is C[C@H](NS(=O)(=O)c1ccc(-c2c(C#N)c3cc(Br)cnc3n2-c2cnccn2)nc1)C(F)(F)F. The number of fused-ring (bicyclic) bond motifs is 1. The molecule has 0 unspecified atom stereocenters. The Bertz CT molecular complexity index is 1520. The lowest BCUT2D eigenvalue weighted by Gasteiger charge is -2.17. The molecule has 0 bridgehead atoms. The van der Waals surface area contributed by atoms with Crippen LogP contribution in [0.2, 0.25) is 0 Å². The number of nitriles is 1. The number of alkyl halides is 3. The maximum absolute atomic E-state index is 12.8. The topological polar surface area (TPSA) is 126 Å². The third-order valence-corrected chi connectivity index (χ3v) is 6.74. The number of aromatic nitrogens is 5. The quantitative estimate of drug-likeness (QED) is 0.400. The summed E-state index contributed by atoms with van der Waals surface area (Å²) < 4.78 is 66.9. The summed E-state index contributed by atoms with van der Waals surface area (Å²) in [6.07, 6.45) is 2.08. The smallest absolute Gasteiger partial charge is 0.274 e. The molecule has 4 aromatic heterocycles. The van der Waals surface area contributed by atoms with Crippen molar-refractivity contribution in [2.45, 2.75) is 24.0 Å². The average molecular weight is 552 g/mol. The Kier molecular flexibility index (Phi) is 6.11. The number of pyridine rings is 2. The molecule has 0 saturated heterocycles. The fourth-order valence-corrected chi connectivity index (χ4v) is 4.68. The molecule has 34 heavy (non-hydrogen) atoms. The van der Waals surface area contributed by atoms with Crippen molar-refractivity contribution in [3.8, 4) is 23.3 Å². The summed E-state index contributed by atoms with van der Waals surface area (Å²) in [5.74, 6) is 0.331. The van der Waals surface area contributed by atoms with E-state index in [0.717, 1.165) is 12.3 Å². The third-order valence-electron chi connectivity index (χ3n) is 4.78. The summed E-state index contributed by atoms with van der Waals surface area (Å²) in [5.41, 5.74) is 1.03. The molecule has 1 N–H and O–H groups in total. The largest absolute Gasteiger partial charge is 0.404 e. The van der Waals surface area contributed by atoms with Gasteiger partial charge in [0.25, 0.3) is 0 Å². The van der Waals surface area contributed by atoms with E-state index in [1.54, 1.807) is 15.4 Å². The Morgan fingerprint density at radius 2 is 1.91 bits per heavy atom. The van der Waals surface area contributed by atoms with E-state index in [-0.39, 0.29) is 17.0 Å². The standard InChI is InChI=1S/C20H13BrF3N7O2S/c1-11(20(22,23)24)30-34(32,33)13-2-3-16(28-9-13)18-15(7-25)14-6-12(21)8-29-19(14)31(18)17-10-26-4-5-27-17/h2-6,8-11,30H,1H3/t11-/m0/s1. The van der Waals surface area contributed by atoms with Gasteiger partial charge in [0, 0.05) is 34.6 Å². The van der Waals surface area contributed by atoms with Crippen LogP contribution in [0.25, 0.3) is 28.2 Å². The lowest BCUT2D eigenvalue weighted by atomic mass is 10.1. The molecular formula is C20H13BrF3N7O2S. The molecule has 0 amide bonds. The minimum Gasteiger partial charge on any atom is -0.274 e. The molecular weight excluding hydrogens is 539 g/mol. The summed E-state index contributed by atoms with van der Waals surface area (Å²) in [6.45, 7) is 0.697. The van der Waals surface area contributed by atoms with E-state index in [1.165, 1.54) is 30.9 Å². The molecule has 0 aromatic carbocycles. The van der Waals surface area contributed by atoms with E-state index in [2.05, 4.69) is 41.9 Å². The van der Waals surface area contributed by atoms with Crippen LogP contribution in [0.15, 0.2) is 58.6 Å². The van der Waals surface area contributed by atoms with E-state index in [4.69, 9.17) is 0 Å². The molecule has 0 spiro atoms. The molecule has 0 aliphatic carbocycles. The second-order valence-corrected chi connectivity index (χ2v) is 9.65. The molecule has 4 heterocycles. The summed E-state index contributed by atoms with van der Waals surface area (Å²) in [6, 6.07) is 3.93. The summed E-state index contributed by atoms with van der Waals surface area (Å²) in [5, 5.41) is 10.4. The van der Waals surface area contributed by atoms with Crippen molar-refractivity contribution in [2.24, 2.45) is 0 Å². The lowest BCUT2D eigenvalue weighted by Crippen LogP contribution is -2.42. The summed E-state index contributed by atoms with van der Waals surface area (Å²) >= 11 is 3.33. The van der Waals surface area contributed by atoms with Crippen LogP contribution in [-0.2, 0) is 10.0 Å². The van der Waals surface area contributed by atoms with Crippen LogP contribution in [0.3, 0.4) is 0 Å². The first-order valence-corrected chi connectivity index (χ1v) is 11.7. The van der Waals surface area contributed by atoms with E-state index < -0.39 is 27.1 Å². The molecule has 0 fully saturated rings. The van der Waals surface area contributed by atoms with Crippen LogP contribution < -0.4 is 4.72 Å². The van der Waals surface area contributed by atoms with Gasteiger partial charge in [0.15, 0.2) is 5.82 Å². The van der Waals surface area contributed by atoms with Crippen molar-refractivity contribution in [1.82, 2.24) is 29.2 Å². The predicted octanol–water partition coefficient (Wildman–Crippen LogP) is 3.74. The van der Waals surface area contributed by atoms with E-state index in [0.29, 0.717) is 28.2 Å². The maximum Gasteiger partial charge on any atom is 0.404 e. The van der Waals surface area contributed by atoms with Crippen molar-refractivity contribution in [3.05, 3.63) is 59.2 Å². The minimum absolute atomic E-state index is 0.180. The highest BCUT2D eigenvalue weighted by molar-refractivity contribution is 9.10. The van der Waals surface area contributed by atoms with Gasteiger partial charge in [-0.3, -0.25) is 14.5 Å². The van der Waals surface area contributed by atoms with Crippen molar-refractivity contribution in [2.75, 3.05) is 0 Å². The number of rotatable bonds is 5. The van der Waals surface area contributed by atoms with E-state index in [9.17, 15) is 26.9 Å². The molecule has 4 aromatic rings. The van der Waals surface area contributed by atoms with Crippen LogP contribution in [-0.4, -0.2) is 45.1 Å². The first-order valence-electron chi connectivity index (χ1n) is 9.45. The molecule has 1 atom stereocenters. The Labute approximate surface area is 199 Å². The second kappa shape index (κ2) is 8.75. The first-order chi connectivity index (χ1) is 16.0. The molecule has 174 valence electrons. The lowest BCUT2D eigenvalue weighted by molar-refractivity contribution is -0.147. The van der Waals surface area contributed by atoms with Gasteiger partial charge in [-0.15, -0.1) is 0 Å². The normalized spacial score (nSPS) is 13.1. The molecule has 0 aliphatic rings. The Morgan fingerprint density at radius 3 is 2.50 bits per heavy atom. The van der Waals surface area contributed by atoms with Crippen LogP contribution in [0, 0.1) is 11.3 Å². The zero-order chi connectivity index (χ0) is 24.7. The first kappa shape index (κ1) is 23.7. The van der Waals surface area contributed by atoms with Crippen molar-refractivity contribution in [3.63, 3.8) is 0 Å². The monoisotopic (exact) mass is 551 g/mol. The molecule has 4 rings (SSSR count). The van der Waals surface area contributed by atoms with E-state index in [1.807, 2.05) is 0 Å². The zero-order valence-corrected chi connectivity index (χ0v) is 19.5. The Hall–Kier alpha value is -3.41. The van der Waals surface area contributed by atoms with Gasteiger partial charge in [-0.05, 0) is 41.1 Å². The Morgan fingerprint density at radius 1 is 1.15 bits per heavy atom. The molecule has 0 radical (unpaired) electrons. The van der Waals surface area contributed by atoms with Crippen LogP contribution in [0.5, 0.6) is 0 Å². The van der Waals surface area contributed by atoms with Gasteiger partial charge in [-0.25, -0.2) is 18.4 Å². The maximum atomic E-state index is 12.8. The number of sulfonamides is 1. The second-order valence-electron chi connectivity index (χ2n) is 7.02. The number of nitrogens with zero attached hydrogens (tertiary/aromatic N) is 6. The van der Waals surface area contributed by atoms with Gasteiger partial charge in [0.2, 0.25) is 10.0 Å². The van der Waals surface area contributed by atoms with Gasteiger partial charge in [0.05, 0.1) is 23.1 Å². The van der Waals surface area contributed by atoms with Gasteiger partial charge < -0.3 is 0 Å². The number of hydrogen-bond acceptors (Lipinski definition) is 7. The highest BCUT2D eigenvalue weighted by atomic mass is 79.9. The van der Waals surface area contributed by atoms with Gasteiger partial charge in [-0.1, -0.05) is 0 Å². The summed E-state index contributed by atoms with van der Waals surface area (Å²) in [4.78, 5) is 16.4. The highest BCUT2D eigenvalue weighted by Gasteiger charge is 2.39. The third kappa shape index (κ3) is 4.37. The van der Waals surface area contributed by atoms with Gasteiger partial charge in [0.1, 0.15) is 22.7 Å². The number of nitrogens with one attached hydrogen (secondary N) is 1. The zero-order valence-electron chi connectivity index (χ0n) is 17.1. The fourth-order valence-electron chi connectivity index (χ4n) is 3.17. The van der Waals surface area contributed by atoms with Gasteiger partial charge in [-0.2, -0.15) is 23.2 Å². The minimum atomic E-state index is -4.75. The predicted molar refractivity (Wildman–Crippen MR) is 118 cm³/mol. The summed E-state index contributed by atoms with van der Waals surface area (Å²) in [7, 11) is -4.50. The van der Waals surface area contributed by atoms with Crippen molar-refractivity contribution in [1.29, 1.82) is 5.26 Å². The molecule has 14 heteroatoms. The van der Waals surface area contributed by atoms with Crippen LogP contribution in [0.4, 0.5) is 13.2 Å². The average Bonchev–Trinajstić information content (AvgIpc) is 3.12. The number of halogens is 4. The van der Waals surface area contributed by atoms with Crippen LogP contribution >= 0.6 is 15.9 Å².